The highest BCUT2D eigenvalue weighted by atomic mass is 16.5. The standard InChI is InChI=1S/C28H27NO4/c1-16-8-6-10-20(12-16)25-24(26(30)22-14-19(4)23(33-5)15-18(22)3)27(31)28(32)29(25)21-11-7-9-17(2)13-21/h6-15,25,30H,1-5H3/b26-24+. The maximum Gasteiger partial charge on any atom is 0.300 e. The number of benzene rings is 3. The number of nitrogens with zero attached hydrogens (tertiary/aromatic N) is 1. The molecule has 3 aromatic carbocycles. The van der Waals surface area contributed by atoms with Crippen LogP contribution in [0.1, 0.15) is 39.4 Å². The fraction of sp³-hybridized carbons (Fsp3) is 0.214. The molecule has 1 amide bonds. The van der Waals surface area contributed by atoms with Crippen molar-refractivity contribution >= 4 is 23.1 Å². The van der Waals surface area contributed by atoms with Gasteiger partial charge in [-0.15, -0.1) is 0 Å². The largest absolute Gasteiger partial charge is 0.507 e. The zero-order valence-electron chi connectivity index (χ0n) is 19.5. The minimum Gasteiger partial charge on any atom is -0.507 e. The van der Waals surface area contributed by atoms with Gasteiger partial charge in [0.25, 0.3) is 11.7 Å². The summed E-state index contributed by atoms with van der Waals surface area (Å²) in [5.41, 5.74) is 5.51. The van der Waals surface area contributed by atoms with Crippen LogP contribution in [0.3, 0.4) is 0 Å². The Bertz CT molecular complexity index is 1300. The van der Waals surface area contributed by atoms with Crippen molar-refractivity contribution in [1.29, 1.82) is 0 Å². The van der Waals surface area contributed by atoms with E-state index in [1.54, 1.807) is 13.2 Å². The van der Waals surface area contributed by atoms with E-state index in [1.165, 1.54) is 4.90 Å². The maximum absolute atomic E-state index is 13.3. The molecule has 1 heterocycles. The summed E-state index contributed by atoms with van der Waals surface area (Å²) in [4.78, 5) is 28.1. The van der Waals surface area contributed by atoms with Crippen LogP contribution in [0.2, 0.25) is 0 Å². The number of ketones is 1. The van der Waals surface area contributed by atoms with Gasteiger partial charge in [-0.3, -0.25) is 14.5 Å². The van der Waals surface area contributed by atoms with Crippen molar-refractivity contribution in [3.05, 3.63) is 99.6 Å². The third kappa shape index (κ3) is 3.91. The van der Waals surface area contributed by atoms with Gasteiger partial charge in [-0.2, -0.15) is 0 Å². The molecule has 0 radical (unpaired) electrons. The van der Waals surface area contributed by atoms with Crippen LogP contribution in [0.4, 0.5) is 5.69 Å². The first-order chi connectivity index (χ1) is 15.7. The lowest BCUT2D eigenvalue weighted by molar-refractivity contribution is -0.132. The molecule has 0 aromatic heterocycles. The van der Waals surface area contributed by atoms with Gasteiger partial charge in [0.05, 0.1) is 18.7 Å². The van der Waals surface area contributed by atoms with Gasteiger partial charge >= 0.3 is 0 Å². The van der Waals surface area contributed by atoms with Gasteiger partial charge in [-0.25, -0.2) is 0 Å². The molecule has 33 heavy (non-hydrogen) atoms. The zero-order chi connectivity index (χ0) is 23.9. The Morgan fingerprint density at radius 3 is 2.18 bits per heavy atom. The van der Waals surface area contributed by atoms with Crippen molar-refractivity contribution in [2.24, 2.45) is 0 Å². The van der Waals surface area contributed by atoms with Crippen molar-refractivity contribution in [1.82, 2.24) is 0 Å². The van der Waals surface area contributed by atoms with Crippen molar-refractivity contribution in [3.8, 4) is 5.75 Å². The van der Waals surface area contributed by atoms with Gasteiger partial charge in [-0.1, -0.05) is 42.0 Å². The summed E-state index contributed by atoms with van der Waals surface area (Å²) in [6, 6.07) is 18.0. The number of ether oxygens (including phenoxy) is 1. The minimum absolute atomic E-state index is 0.0831. The number of aryl methyl sites for hydroxylation is 4. The lowest BCUT2D eigenvalue weighted by atomic mass is 9.92. The van der Waals surface area contributed by atoms with Crippen molar-refractivity contribution in [3.63, 3.8) is 0 Å². The third-order valence-corrected chi connectivity index (χ3v) is 6.08. The van der Waals surface area contributed by atoms with E-state index in [0.29, 0.717) is 17.0 Å². The molecule has 1 fully saturated rings. The minimum atomic E-state index is -0.742. The summed E-state index contributed by atoms with van der Waals surface area (Å²) in [6.45, 7) is 7.61. The van der Waals surface area contributed by atoms with Crippen LogP contribution in [0, 0.1) is 27.7 Å². The van der Waals surface area contributed by atoms with Crippen LogP contribution < -0.4 is 9.64 Å². The number of methoxy groups -OCH3 is 1. The number of amides is 1. The topological polar surface area (TPSA) is 66.8 Å². The van der Waals surface area contributed by atoms with Crippen LogP contribution >= 0.6 is 0 Å². The summed E-state index contributed by atoms with van der Waals surface area (Å²) >= 11 is 0. The molecule has 4 rings (SSSR count). The monoisotopic (exact) mass is 441 g/mol. The average Bonchev–Trinajstić information content (AvgIpc) is 3.05. The number of carbonyl (C=O) groups excluding carboxylic acids is 2. The van der Waals surface area contributed by atoms with Crippen molar-refractivity contribution in [2.75, 3.05) is 12.0 Å². The number of anilines is 1. The predicted octanol–water partition coefficient (Wildman–Crippen LogP) is 5.56. The van der Waals surface area contributed by atoms with Crippen LogP contribution in [0.5, 0.6) is 5.75 Å². The molecule has 0 spiro atoms. The third-order valence-electron chi connectivity index (χ3n) is 6.08. The van der Waals surface area contributed by atoms with Crippen LogP contribution in [-0.4, -0.2) is 23.9 Å². The Kier molecular flexibility index (Phi) is 5.81. The van der Waals surface area contributed by atoms with Crippen molar-refractivity contribution < 1.29 is 19.4 Å². The Morgan fingerprint density at radius 1 is 0.879 bits per heavy atom. The highest BCUT2D eigenvalue weighted by Crippen LogP contribution is 2.43. The van der Waals surface area contributed by atoms with Gasteiger partial charge in [0.15, 0.2) is 0 Å². The van der Waals surface area contributed by atoms with E-state index < -0.39 is 17.7 Å². The number of carbonyl (C=O) groups is 2. The summed E-state index contributed by atoms with van der Waals surface area (Å²) in [6.07, 6.45) is 0. The van der Waals surface area contributed by atoms with Gasteiger partial charge < -0.3 is 9.84 Å². The smallest absolute Gasteiger partial charge is 0.300 e. The Balaban J connectivity index is 1.99. The van der Waals surface area contributed by atoms with Crippen molar-refractivity contribution in [2.45, 2.75) is 33.7 Å². The molecule has 1 unspecified atom stereocenters. The molecule has 1 saturated heterocycles. The average molecular weight is 442 g/mol. The van der Waals surface area contributed by atoms with E-state index in [-0.39, 0.29) is 11.3 Å². The fourth-order valence-electron chi connectivity index (χ4n) is 4.44. The number of Topliss-reactive ketones (excluding diaryl/α,β-unsaturated/α-hetero) is 1. The van der Waals surface area contributed by atoms with Gasteiger partial charge in [0.2, 0.25) is 0 Å². The Labute approximate surface area is 193 Å². The molecule has 0 aliphatic carbocycles. The molecule has 1 N–H and O–H groups in total. The van der Waals surface area contributed by atoms with E-state index in [0.717, 1.165) is 27.8 Å². The Morgan fingerprint density at radius 2 is 1.55 bits per heavy atom. The summed E-state index contributed by atoms with van der Waals surface area (Å²) in [5, 5.41) is 11.4. The number of hydrogen-bond donors (Lipinski definition) is 1. The normalized spacial score (nSPS) is 17.5. The molecule has 3 aromatic rings. The molecule has 1 atom stereocenters. The Hall–Kier alpha value is -3.86. The van der Waals surface area contributed by atoms with E-state index >= 15 is 0 Å². The lowest BCUT2D eigenvalue weighted by Gasteiger charge is -2.26. The first-order valence-corrected chi connectivity index (χ1v) is 10.8. The maximum atomic E-state index is 13.3. The number of rotatable bonds is 4. The first kappa shape index (κ1) is 22.3. The fourth-order valence-corrected chi connectivity index (χ4v) is 4.44. The van der Waals surface area contributed by atoms with E-state index in [4.69, 9.17) is 4.74 Å². The lowest BCUT2D eigenvalue weighted by Crippen LogP contribution is -2.29. The van der Waals surface area contributed by atoms with Crippen LogP contribution in [-0.2, 0) is 9.59 Å². The van der Waals surface area contributed by atoms with Crippen LogP contribution in [0.25, 0.3) is 5.76 Å². The van der Waals surface area contributed by atoms with Gasteiger partial charge in [0, 0.05) is 11.3 Å². The summed E-state index contributed by atoms with van der Waals surface area (Å²) in [5.74, 6) is -0.845. The zero-order valence-corrected chi connectivity index (χ0v) is 19.5. The molecule has 0 bridgehead atoms. The number of hydrogen-bond acceptors (Lipinski definition) is 4. The van der Waals surface area contributed by atoms with Crippen LogP contribution in [0.15, 0.2) is 66.2 Å². The van der Waals surface area contributed by atoms with Gasteiger partial charge in [-0.05, 0) is 74.2 Å². The predicted molar refractivity (Wildman–Crippen MR) is 130 cm³/mol. The molecule has 1 aliphatic rings. The quantitative estimate of drug-likeness (QED) is 0.327. The second kappa shape index (κ2) is 8.58. The number of aliphatic hydroxyl groups excluding tert-OH is 1. The SMILES string of the molecule is COc1cc(C)c(/C(O)=C2\C(=O)C(=O)N(c3cccc(C)c3)C2c2cccc(C)c2)cc1C. The highest BCUT2D eigenvalue weighted by Gasteiger charge is 2.47. The number of aliphatic hydroxyl groups is 1. The molecule has 5 nitrogen and oxygen atoms in total. The molecule has 5 heteroatoms. The van der Waals surface area contributed by atoms with E-state index in [9.17, 15) is 14.7 Å². The first-order valence-electron chi connectivity index (χ1n) is 10.8. The molecule has 168 valence electrons. The molecule has 1 aliphatic heterocycles. The summed E-state index contributed by atoms with van der Waals surface area (Å²) in [7, 11) is 1.59. The molecular formula is C28H27NO4. The second-order valence-electron chi connectivity index (χ2n) is 8.56. The molecule has 0 saturated carbocycles. The van der Waals surface area contributed by atoms with E-state index in [2.05, 4.69) is 0 Å². The highest BCUT2D eigenvalue weighted by molar-refractivity contribution is 6.51. The molecular weight excluding hydrogens is 414 g/mol. The summed E-state index contributed by atoms with van der Waals surface area (Å²) < 4.78 is 5.39. The van der Waals surface area contributed by atoms with E-state index in [1.807, 2.05) is 82.3 Å². The van der Waals surface area contributed by atoms with Gasteiger partial charge in [0.1, 0.15) is 11.5 Å². The second-order valence-corrected chi connectivity index (χ2v) is 8.56.